The van der Waals surface area contributed by atoms with Gasteiger partial charge in [0.15, 0.2) is 5.16 Å². The summed E-state index contributed by atoms with van der Waals surface area (Å²) in [5, 5.41) is 12.3. The molecule has 0 aliphatic rings. The van der Waals surface area contributed by atoms with Crippen molar-refractivity contribution >= 4 is 23.3 Å². The van der Waals surface area contributed by atoms with Gasteiger partial charge in [-0.05, 0) is 31.2 Å². The highest BCUT2D eigenvalue weighted by atomic mass is 32.2. The summed E-state index contributed by atoms with van der Waals surface area (Å²) in [5.74, 6) is 0.692. The van der Waals surface area contributed by atoms with E-state index in [1.54, 1.807) is 6.20 Å². The average molecular weight is 286 g/mol. The van der Waals surface area contributed by atoms with E-state index >= 15 is 0 Å². The number of anilines is 1. The normalized spacial score (nSPS) is 10.4. The molecule has 5 heteroatoms. The number of thioether (sulfide) groups is 1. The fourth-order valence-corrected chi connectivity index (χ4v) is 2.52. The minimum absolute atomic E-state index is 0.456. The number of aromatic nitrogens is 2. The first kappa shape index (κ1) is 14.5. The summed E-state index contributed by atoms with van der Waals surface area (Å²) in [6.07, 6.45) is 3.66. The molecular weight excluding hydrogens is 268 g/mol. The number of nitrogens with one attached hydrogen (secondary N) is 2. The maximum absolute atomic E-state index is 8.50. The van der Waals surface area contributed by atoms with E-state index in [-0.39, 0.29) is 0 Å². The van der Waals surface area contributed by atoms with Gasteiger partial charge in [0.1, 0.15) is 5.82 Å². The molecule has 0 radical (unpaired) electrons. The minimum atomic E-state index is 0.456. The van der Waals surface area contributed by atoms with Gasteiger partial charge in [0, 0.05) is 18.8 Å². The van der Waals surface area contributed by atoms with Gasteiger partial charge < -0.3 is 5.32 Å². The number of benzene rings is 1. The highest BCUT2D eigenvalue weighted by Gasteiger charge is 2.15. The zero-order valence-electron chi connectivity index (χ0n) is 12.1. The Bertz CT molecular complexity index is 632. The summed E-state index contributed by atoms with van der Waals surface area (Å²) >= 11 is 1.49. The summed E-state index contributed by atoms with van der Waals surface area (Å²) < 4.78 is 0. The lowest BCUT2D eigenvalue weighted by Crippen LogP contribution is -2.11. The third-order valence-corrected chi connectivity index (χ3v) is 3.75. The predicted octanol–water partition coefficient (Wildman–Crippen LogP) is 3.27. The zero-order chi connectivity index (χ0) is 14.7. The van der Waals surface area contributed by atoms with Gasteiger partial charge in [0.25, 0.3) is 0 Å². The lowest BCUT2D eigenvalue weighted by atomic mass is 9.95. The van der Waals surface area contributed by atoms with Crippen LogP contribution in [0.25, 0.3) is 0 Å². The number of nitrogens with zero attached hydrogens (tertiary/aromatic N) is 2. The molecule has 0 fully saturated rings. The monoisotopic (exact) mass is 286 g/mol. The molecule has 0 bridgehead atoms. The summed E-state index contributed by atoms with van der Waals surface area (Å²) in [4.78, 5) is 8.70. The number of aryl methyl sites for hydroxylation is 2. The quantitative estimate of drug-likeness (QED) is 0.514. The standard InChI is InChI=1S/C15H18N4S/c1-9-6-5-7-10(2)12(9)13(16)11-8-18-15(20-4)19-14(11)17-3/h5-8,16H,1-4H3,(H,17,18,19). The molecule has 2 N–H and O–H groups in total. The molecule has 1 heterocycles. The number of rotatable bonds is 4. The van der Waals surface area contributed by atoms with Gasteiger partial charge in [-0.3, -0.25) is 5.41 Å². The molecule has 104 valence electrons. The molecule has 1 aromatic carbocycles. The molecule has 0 aliphatic heterocycles. The molecule has 4 nitrogen and oxygen atoms in total. The van der Waals surface area contributed by atoms with Crippen LogP contribution >= 0.6 is 11.8 Å². The smallest absolute Gasteiger partial charge is 0.189 e. The molecule has 0 atom stereocenters. The van der Waals surface area contributed by atoms with E-state index in [9.17, 15) is 0 Å². The van der Waals surface area contributed by atoms with E-state index in [0.717, 1.165) is 22.3 Å². The molecule has 2 aromatic rings. The van der Waals surface area contributed by atoms with E-state index in [2.05, 4.69) is 15.3 Å². The van der Waals surface area contributed by atoms with Crippen molar-refractivity contribution in [2.75, 3.05) is 18.6 Å². The van der Waals surface area contributed by atoms with Crippen molar-refractivity contribution in [2.45, 2.75) is 19.0 Å². The van der Waals surface area contributed by atoms with Crippen LogP contribution in [-0.4, -0.2) is 29.0 Å². The second kappa shape index (κ2) is 6.05. The average Bonchev–Trinajstić information content (AvgIpc) is 2.46. The first-order chi connectivity index (χ1) is 9.58. The van der Waals surface area contributed by atoms with Crippen LogP contribution in [-0.2, 0) is 0 Å². The van der Waals surface area contributed by atoms with Crippen molar-refractivity contribution in [2.24, 2.45) is 0 Å². The lowest BCUT2D eigenvalue weighted by molar-refractivity contribution is 0.967. The van der Waals surface area contributed by atoms with Crippen LogP contribution < -0.4 is 5.32 Å². The van der Waals surface area contributed by atoms with Gasteiger partial charge in [-0.2, -0.15) is 0 Å². The number of hydrogen-bond acceptors (Lipinski definition) is 5. The molecular formula is C15H18N4S. The van der Waals surface area contributed by atoms with Crippen molar-refractivity contribution in [3.8, 4) is 0 Å². The Kier molecular flexibility index (Phi) is 4.39. The van der Waals surface area contributed by atoms with E-state index < -0.39 is 0 Å². The second-order valence-electron chi connectivity index (χ2n) is 4.51. The van der Waals surface area contributed by atoms with Crippen molar-refractivity contribution in [3.05, 3.63) is 46.6 Å². The topological polar surface area (TPSA) is 61.7 Å². The SMILES string of the molecule is CNc1nc(SC)ncc1C(=N)c1c(C)cccc1C. The Morgan fingerprint density at radius 1 is 1.25 bits per heavy atom. The zero-order valence-corrected chi connectivity index (χ0v) is 12.9. The molecule has 2 rings (SSSR count). The van der Waals surface area contributed by atoms with Crippen LogP contribution in [0.4, 0.5) is 5.82 Å². The van der Waals surface area contributed by atoms with Crippen molar-refractivity contribution in [3.63, 3.8) is 0 Å². The summed E-state index contributed by atoms with van der Waals surface area (Å²) in [5.41, 5.74) is 4.31. The van der Waals surface area contributed by atoms with Gasteiger partial charge in [0.2, 0.25) is 0 Å². The van der Waals surface area contributed by atoms with Gasteiger partial charge in [-0.25, -0.2) is 9.97 Å². The van der Waals surface area contributed by atoms with Gasteiger partial charge in [-0.15, -0.1) is 0 Å². The molecule has 0 spiro atoms. The first-order valence-electron chi connectivity index (χ1n) is 6.32. The lowest BCUT2D eigenvalue weighted by Gasteiger charge is -2.14. The van der Waals surface area contributed by atoms with E-state index in [1.807, 2.05) is 45.4 Å². The Balaban J connectivity index is 2.54. The molecule has 0 unspecified atom stereocenters. The predicted molar refractivity (Wildman–Crippen MR) is 85.2 cm³/mol. The van der Waals surface area contributed by atoms with Crippen molar-refractivity contribution in [1.82, 2.24) is 9.97 Å². The van der Waals surface area contributed by atoms with Crippen LogP contribution in [0.1, 0.15) is 22.3 Å². The molecule has 1 aromatic heterocycles. The Morgan fingerprint density at radius 2 is 1.90 bits per heavy atom. The van der Waals surface area contributed by atoms with E-state index in [0.29, 0.717) is 16.7 Å². The first-order valence-corrected chi connectivity index (χ1v) is 7.55. The Labute approximate surface area is 123 Å². The van der Waals surface area contributed by atoms with Crippen molar-refractivity contribution in [1.29, 1.82) is 5.41 Å². The number of hydrogen-bond donors (Lipinski definition) is 2. The van der Waals surface area contributed by atoms with Crippen LogP contribution in [0.3, 0.4) is 0 Å². The summed E-state index contributed by atoms with van der Waals surface area (Å²) in [6, 6.07) is 6.05. The minimum Gasteiger partial charge on any atom is -0.372 e. The van der Waals surface area contributed by atoms with Gasteiger partial charge in [-0.1, -0.05) is 30.0 Å². The van der Waals surface area contributed by atoms with Gasteiger partial charge >= 0.3 is 0 Å². The second-order valence-corrected chi connectivity index (χ2v) is 5.28. The third kappa shape index (κ3) is 2.67. The summed E-state index contributed by atoms with van der Waals surface area (Å²) in [7, 11) is 1.81. The van der Waals surface area contributed by atoms with Crippen LogP contribution in [0.5, 0.6) is 0 Å². The molecule has 0 aliphatic carbocycles. The van der Waals surface area contributed by atoms with Crippen LogP contribution in [0, 0.1) is 19.3 Å². The maximum atomic E-state index is 8.50. The molecule has 0 amide bonds. The molecule has 0 saturated heterocycles. The Morgan fingerprint density at radius 3 is 2.45 bits per heavy atom. The molecule has 20 heavy (non-hydrogen) atoms. The largest absolute Gasteiger partial charge is 0.372 e. The van der Waals surface area contributed by atoms with Crippen molar-refractivity contribution < 1.29 is 0 Å². The summed E-state index contributed by atoms with van der Waals surface area (Å²) in [6.45, 7) is 4.04. The Hall–Kier alpha value is -1.88. The van der Waals surface area contributed by atoms with Gasteiger partial charge in [0.05, 0.1) is 11.3 Å². The highest BCUT2D eigenvalue weighted by molar-refractivity contribution is 7.98. The third-order valence-electron chi connectivity index (χ3n) is 3.19. The van der Waals surface area contributed by atoms with Crippen LogP contribution in [0.2, 0.25) is 0 Å². The fraction of sp³-hybridized carbons (Fsp3) is 0.267. The molecule has 0 saturated carbocycles. The van der Waals surface area contributed by atoms with E-state index in [4.69, 9.17) is 5.41 Å². The maximum Gasteiger partial charge on any atom is 0.189 e. The fourth-order valence-electron chi connectivity index (χ4n) is 2.18. The van der Waals surface area contributed by atoms with E-state index in [1.165, 1.54) is 11.8 Å². The van der Waals surface area contributed by atoms with Crippen LogP contribution in [0.15, 0.2) is 29.6 Å². The highest BCUT2D eigenvalue weighted by Crippen LogP contribution is 2.23.